The van der Waals surface area contributed by atoms with Crippen molar-refractivity contribution in [2.75, 3.05) is 13.2 Å². The third-order valence-corrected chi connectivity index (χ3v) is 4.58. The number of hydrogen-bond acceptors (Lipinski definition) is 7. The number of nitrogens with zero attached hydrogens (tertiary/aromatic N) is 2. The van der Waals surface area contributed by atoms with E-state index in [1.165, 1.54) is 0 Å². The fraction of sp³-hybridized carbons (Fsp3) is 0.281. The molecule has 0 amide bonds. The highest BCUT2D eigenvalue weighted by Gasteiger charge is 2.17. The number of fused-ring (bicyclic) bond motifs is 1. The average Bonchev–Trinajstić information content (AvgIpc) is 2.98. The van der Waals surface area contributed by atoms with Crippen LogP contribution in [-0.2, 0) is 14.3 Å². The number of benzene rings is 1. The Hall–Kier alpha value is -4.39. The van der Waals surface area contributed by atoms with E-state index in [0.29, 0.717) is 41.3 Å². The molecule has 7 heteroatoms. The minimum atomic E-state index is -0.471. The van der Waals surface area contributed by atoms with Crippen LogP contribution in [0, 0.1) is 0 Å². The molecule has 0 N–H and O–H groups in total. The van der Waals surface area contributed by atoms with E-state index in [2.05, 4.69) is 27.9 Å². The molecular formula is C32H40N2O5. The zero-order valence-corrected chi connectivity index (χ0v) is 23.9. The minimum absolute atomic E-state index is 0.183. The van der Waals surface area contributed by atoms with Gasteiger partial charge in [-0.05, 0) is 32.0 Å². The lowest BCUT2D eigenvalue weighted by Gasteiger charge is -2.10. The van der Waals surface area contributed by atoms with Crippen molar-refractivity contribution >= 4 is 34.3 Å². The molecule has 7 nitrogen and oxygen atoms in total. The predicted molar refractivity (Wildman–Crippen MR) is 159 cm³/mol. The van der Waals surface area contributed by atoms with Gasteiger partial charge in [0.1, 0.15) is 6.42 Å². The second-order valence-corrected chi connectivity index (χ2v) is 6.99. The zero-order chi connectivity index (χ0) is 29.6. The lowest BCUT2D eigenvalue weighted by atomic mass is 10.0. The van der Waals surface area contributed by atoms with Crippen LogP contribution in [0.3, 0.4) is 0 Å². The number of rotatable bonds is 9. The summed E-state index contributed by atoms with van der Waals surface area (Å²) in [7, 11) is 0. The van der Waals surface area contributed by atoms with Crippen LogP contribution in [0.15, 0.2) is 86.1 Å². The van der Waals surface area contributed by atoms with Crippen LogP contribution in [0.4, 0.5) is 0 Å². The van der Waals surface area contributed by atoms with Gasteiger partial charge in [0.2, 0.25) is 0 Å². The van der Waals surface area contributed by atoms with Gasteiger partial charge in [-0.25, -0.2) is 14.8 Å². The average molecular weight is 533 g/mol. The fourth-order valence-corrected chi connectivity index (χ4v) is 3.03. The van der Waals surface area contributed by atoms with Gasteiger partial charge in [-0.1, -0.05) is 89.4 Å². The van der Waals surface area contributed by atoms with E-state index in [1.54, 1.807) is 74.7 Å². The molecule has 0 unspecified atom stereocenters. The van der Waals surface area contributed by atoms with Gasteiger partial charge >= 0.3 is 11.9 Å². The first-order chi connectivity index (χ1) is 18.9. The first-order valence-electron chi connectivity index (χ1n) is 13.1. The van der Waals surface area contributed by atoms with E-state index < -0.39 is 11.9 Å². The highest BCUT2D eigenvalue weighted by Crippen LogP contribution is 2.23. The molecule has 208 valence electrons. The maximum atomic E-state index is 12.2. The Morgan fingerprint density at radius 1 is 0.897 bits per heavy atom. The molecule has 0 radical (unpaired) electrons. The normalized spacial score (nSPS) is 9.74. The summed E-state index contributed by atoms with van der Waals surface area (Å²) in [4.78, 5) is 43.3. The smallest absolute Gasteiger partial charge is 0.340 e. The third kappa shape index (κ3) is 11.7. The molecule has 1 aromatic carbocycles. The van der Waals surface area contributed by atoms with Gasteiger partial charge in [0, 0.05) is 22.7 Å². The quantitative estimate of drug-likeness (QED) is 0.122. The van der Waals surface area contributed by atoms with Gasteiger partial charge in [0.25, 0.3) is 0 Å². The van der Waals surface area contributed by atoms with Crippen LogP contribution in [-0.4, -0.2) is 40.9 Å². The third-order valence-electron chi connectivity index (χ3n) is 4.58. The number of aromatic nitrogens is 2. The molecule has 0 aliphatic carbocycles. The van der Waals surface area contributed by atoms with Crippen molar-refractivity contribution in [3.05, 3.63) is 103 Å². The molecule has 3 rings (SSSR count). The van der Waals surface area contributed by atoms with Crippen LogP contribution >= 0.6 is 0 Å². The summed E-state index contributed by atoms with van der Waals surface area (Å²) in [6, 6.07) is 14.1. The Bertz CT molecular complexity index is 1230. The molecule has 0 spiro atoms. The van der Waals surface area contributed by atoms with Crippen LogP contribution in [0.1, 0.15) is 74.4 Å². The van der Waals surface area contributed by atoms with Gasteiger partial charge in [-0.3, -0.25) is 9.59 Å². The monoisotopic (exact) mass is 532 g/mol. The molecule has 0 aliphatic rings. The Balaban J connectivity index is 0.000000698. The Kier molecular flexibility index (Phi) is 18.3. The molecule has 2 aromatic heterocycles. The molecule has 0 bridgehead atoms. The lowest BCUT2D eigenvalue weighted by Crippen LogP contribution is -2.11. The van der Waals surface area contributed by atoms with Crippen molar-refractivity contribution in [2.24, 2.45) is 0 Å². The summed E-state index contributed by atoms with van der Waals surface area (Å²) >= 11 is 0. The molecule has 0 saturated carbocycles. The van der Waals surface area contributed by atoms with Crippen molar-refractivity contribution in [2.45, 2.75) is 48.0 Å². The number of hydrogen-bond donors (Lipinski definition) is 0. The first-order valence-corrected chi connectivity index (χ1v) is 13.1. The molecule has 2 heterocycles. The standard InChI is InChI=1S/C17H16N2O2.C11H12O3.2C2H6/c1-4-8-12(5-2)15-14(17(20)21-6-3)11-13-9-7-10-18-16(13)19-15;1-2-14-11(13)8-10(12)9-6-4-3-5-7-9;2*1-2/h4-5,7-11H,1-2,6H2,3H3;3-7H,2,8H2,1H3;2*1-2H3/b12-8+;;;. The summed E-state index contributed by atoms with van der Waals surface area (Å²) in [5.41, 5.74) is 2.69. The van der Waals surface area contributed by atoms with Crippen LogP contribution in [0.2, 0.25) is 0 Å². The number of carbonyl (C=O) groups excluding carboxylic acids is 3. The first kappa shape index (κ1) is 34.6. The molecule has 0 fully saturated rings. The molecule has 0 aliphatic heterocycles. The Labute approximate surface area is 232 Å². The number of carbonyl (C=O) groups is 3. The van der Waals surface area contributed by atoms with Crippen LogP contribution < -0.4 is 0 Å². The summed E-state index contributed by atoms with van der Waals surface area (Å²) in [6.45, 7) is 19.5. The molecular weight excluding hydrogens is 492 g/mol. The summed E-state index contributed by atoms with van der Waals surface area (Å²) in [5, 5.41) is 0.784. The SMILES string of the molecule is C=C/C=C(\C=C)c1nc2ncccc2cc1C(=O)OCC.CC.CC.CCOC(=O)CC(=O)c1ccccc1. The van der Waals surface area contributed by atoms with E-state index in [9.17, 15) is 14.4 Å². The van der Waals surface area contributed by atoms with Crippen molar-refractivity contribution in [3.8, 4) is 0 Å². The van der Waals surface area contributed by atoms with E-state index in [0.717, 1.165) is 5.39 Å². The van der Waals surface area contributed by atoms with Crippen molar-refractivity contribution in [1.29, 1.82) is 0 Å². The minimum Gasteiger partial charge on any atom is -0.466 e. The zero-order valence-electron chi connectivity index (χ0n) is 23.9. The summed E-state index contributed by atoms with van der Waals surface area (Å²) in [5.74, 6) is -1.09. The van der Waals surface area contributed by atoms with Gasteiger partial charge in [-0.2, -0.15) is 0 Å². The predicted octanol–water partition coefficient (Wildman–Crippen LogP) is 7.44. The van der Waals surface area contributed by atoms with Crippen molar-refractivity contribution in [1.82, 2.24) is 9.97 Å². The van der Waals surface area contributed by atoms with Crippen LogP contribution in [0.5, 0.6) is 0 Å². The molecule has 0 atom stereocenters. The number of ketones is 1. The number of ether oxygens (including phenoxy) is 2. The summed E-state index contributed by atoms with van der Waals surface area (Å²) < 4.78 is 9.78. The number of esters is 2. The highest BCUT2D eigenvalue weighted by atomic mass is 16.5. The molecule has 3 aromatic rings. The number of allylic oxidation sites excluding steroid dienone is 4. The highest BCUT2D eigenvalue weighted by molar-refractivity contribution is 6.05. The Morgan fingerprint density at radius 2 is 1.54 bits per heavy atom. The largest absolute Gasteiger partial charge is 0.466 e. The maximum Gasteiger partial charge on any atom is 0.340 e. The summed E-state index contributed by atoms with van der Waals surface area (Å²) in [6.07, 6.45) is 6.47. The van der Waals surface area contributed by atoms with Gasteiger partial charge in [0.05, 0.1) is 24.5 Å². The Morgan fingerprint density at radius 3 is 2.10 bits per heavy atom. The van der Waals surface area contributed by atoms with Gasteiger partial charge in [0.15, 0.2) is 11.4 Å². The second-order valence-electron chi connectivity index (χ2n) is 6.99. The number of pyridine rings is 2. The number of Topliss-reactive ketones (excluding diaryl/α,β-unsaturated/α-hetero) is 1. The van der Waals surface area contributed by atoms with Gasteiger partial charge < -0.3 is 9.47 Å². The van der Waals surface area contributed by atoms with Gasteiger partial charge in [-0.15, -0.1) is 0 Å². The lowest BCUT2D eigenvalue weighted by molar-refractivity contribution is -0.141. The molecule has 39 heavy (non-hydrogen) atoms. The van der Waals surface area contributed by atoms with E-state index in [1.807, 2.05) is 39.8 Å². The van der Waals surface area contributed by atoms with E-state index in [-0.39, 0.29) is 12.2 Å². The van der Waals surface area contributed by atoms with E-state index >= 15 is 0 Å². The topological polar surface area (TPSA) is 95.4 Å². The second kappa shape index (κ2) is 20.6. The van der Waals surface area contributed by atoms with Crippen LogP contribution in [0.25, 0.3) is 16.6 Å². The van der Waals surface area contributed by atoms with Crippen molar-refractivity contribution < 1.29 is 23.9 Å². The molecule has 0 saturated heterocycles. The van der Waals surface area contributed by atoms with Crippen molar-refractivity contribution in [3.63, 3.8) is 0 Å². The fourth-order valence-electron chi connectivity index (χ4n) is 3.03. The van der Waals surface area contributed by atoms with E-state index in [4.69, 9.17) is 4.74 Å². The maximum absolute atomic E-state index is 12.2.